The van der Waals surface area contributed by atoms with Crippen LogP contribution in [0.2, 0.25) is 0 Å². The largest absolute Gasteiger partial charge is 0.358 e. The Bertz CT molecular complexity index is 993. The number of anilines is 1. The van der Waals surface area contributed by atoms with Crippen LogP contribution in [0.3, 0.4) is 0 Å². The van der Waals surface area contributed by atoms with Crippen LogP contribution in [0.25, 0.3) is 22.2 Å². The summed E-state index contributed by atoms with van der Waals surface area (Å²) < 4.78 is 4.21. The van der Waals surface area contributed by atoms with Crippen molar-refractivity contribution in [2.24, 2.45) is 0 Å². The molecule has 0 aliphatic heterocycles. The third-order valence-corrected chi connectivity index (χ3v) is 5.12. The molecule has 4 aromatic rings. The minimum absolute atomic E-state index is 0.644. The Hall–Kier alpha value is -2.76. The predicted molar refractivity (Wildman–Crippen MR) is 92.2 cm³/mol. The molecule has 0 aliphatic carbocycles. The molecule has 0 bridgehead atoms. The fraction of sp³-hybridized carbons (Fsp3) is 0. The van der Waals surface area contributed by atoms with Crippen LogP contribution in [0.1, 0.15) is 5.56 Å². The van der Waals surface area contributed by atoms with Gasteiger partial charge in [0, 0.05) is 40.7 Å². The van der Waals surface area contributed by atoms with Crippen molar-refractivity contribution in [3.05, 3.63) is 47.7 Å². The minimum atomic E-state index is 0.644. The molecular weight excluding hydrogens is 328 g/mol. The highest BCUT2D eigenvalue weighted by Gasteiger charge is 2.09. The normalized spacial score (nSPS) is 10.7. The second-order valence-corrected chi connectivity index (χ2v) is 6.64. The molecule has 23 heavy (non-hydrogen) atoms. The quantitative estimate of drug-likeness (QED) is 0.489. The zero-order valence-corrected chi connectivity index (χ0v) is 13.3. The molecule has 4 rings (SSSR count). The fourth-order valence-corrected chi connectivity index (χ4v) is 3.78. The maximum atomic E-state index is 9.10. The van der Waals surface area contributed by atoms with Crippen molar-refractivity contribution in [1.29, 1.82) is 5.26 Å². The van der Waals surface area contributed by atoms with E-state index in [1.54, 1.807) is 23.7 Å². The van der Waals surface area contributed by atoms with Gasteiger partial charge in [0.25, 0.3) is 0 Å². The summed E-state index contributed by atoms with van der Waals surface area (Å²) in [6.07, 6.45) is 5.29. The van der Waals surface area contributed by atoms with Crippen molar-refractivity contribution >= 4 is 39.9 Å². The summed E-state index contributed by atoms with van der Waals surface area (Å²) in [7, 11) is 0. The number of H-pyrrole nitrogens is 2. The Morgan fingerprint density at radius 1 is 1.30 bits per heavy atom. The molecule has 8 heteroatoms. The van der Waals surface area contributed by atoms with Gasteiger partial charge in [0.15, 0.2) is 4.34 Å². The molecule has 0 saturated heterocycles. The lowest BCUT2D eigenvalue weighted by molar-refractivity contribution is 1.09. The highest BCUT2D eigenvalue weighted by Crippen LogP contribution is 2.31. The Morgan fingerprint density at radius 2 is 2.26 bits per heavy atom. The van der Waals surface area contributed by atoms with Gasteiger partial charge < -0.3 is 9.71 Å². The van der Waals surface area contributed by atoms with E-state index in [1.165, 1.54) is 11.9 Å². The van der Waals surface area contributed by atoms with Crippen LogP contribution in [0.15, 0.2) is 46.5 Å². The van der Waals surface area contributed by atoms with Gasteiger partial charge in [-0.3, -0.25) is 5.10 Å². The lowest BCUT2D eigenvalue weighted by atomic mass is 10.2. The van der Waals surface area contributed by atoms with Crippen LogP contribution in [0.5, 0.6) is 0 Å². The highest BCUT2D eigenvalue weighted by atomic mass is 32.2. The number of hydrogen-bond acceptors (Lipinski definition) is 6. The topological polar surface area (TPSA) is 93.2 Å². The van der Waals surface area contributed by atoms with Crippen molar-refractivity contribution < 1.29 is 0 Å². The third-order valence-electron chi connectivity index (χ3n) is 3.36. The number of para-hydroxylation sites is 1. The summed E-state index contributed by atoms with van der Waals surface area (Å²) in [5, 5.41) is 18.7. The third kappa shape index (κ3) is 2.56. The lowest BCUT2D eigenvalue weighted by Crippen LogP contribution is -1.88. The van der Waals surface area contributed by atoms with Gasteiger partial charge >= 0.3 is 0 Å². The van der Waals surface area contributed by atoms with Gasteiger partial charge in [-0.05, 0) is 6.07 Å². The molecule has 0 amide bonds. The van der Waals surface area contributed by atoms with Gasteiger partial charge in [-0.25, -0.2) is 4.98 Å². The SMILES string of the molecule is N#Cc1c[nH]c2c(NSc3nc(-c4cn[nH]c4)cs3)cccc12. The van der Waals surface area contributed by atoms with Crippen molar-refractivity contribution in [2.45, 2.75) is 4.34 Å². The number of aromatic nitrogens is 4. The molecule has 0 unspecified atom stereocenters. The summed E-state index contributed by atoms with van der Waals surface area (Å²) in [5.41, 5.74) is 4.36. The molecule has 3 heterocycles. The number of rotatable bonds is 4. The molecule has 0 spiro atoms. The van der Waals surface area contributed by atoms with Crippen LogP contribution in [-0.2, 0) is 0 Å². The van der Waals surface area contributed by atoms with E-state index in [0.717, 1.165) is 32.2 Å². The molecule has 6 nitrogen and oxygen atoms in total. The van der Waals surface area contributed by atoms with E-state index >= 15 is 0 Å². The maximum absolute atomic E-state index is 9.10. The molecular formula is C15H10N6S2. The van der Waals surface area contributed by atoms with Gasteiger partial charge in [-0.1, -0.05) is 12.1 Å². The van der Waals surface area contributed by atoms with Crippen molar-refractivity contribution in [1.82, 2.24) is 20.2 Å². The number of fused-ring (bicyclic) bond motifs is 1. The Balaban J connectivity index is 1.56. The summed E-state index contributed by atoms with van der Waals surface area (Å²) >= 11 is 3.01. The number of benzene rings is 1. The molecule has 112 valence electrons. The average molecular weight is 338 g/mol. The molecule has 0 saturated carbocycles. The second-order valence-electron chi connectivity index (χ2n) is 4.73. The molecule has 3 aromatic heterocycles. The first-order valence-electron chi connectivity index (χ1n) is 6.73. The molecule has 3 N–H and O–H groups in total. The molecule has 0 atom stereocenters. The molecule has 1 aromatic carbocycles. The summed E-state index contributed by atoms with van der Waals surface area (Å²) in [4.78, 5) is 7.71. The van der Waals surface area contributed by atoms with Crippen LogP contribution in [0.4, 0.5) is 5.69 Å². The van der Waals surface area contributed by atoms with E-state index in [4.69, 9.17) is 5.26 Å². The Kier molecular flexibility index (Phi) is 3.49. The number of hydrogen-bond donors (Lipinski definition) is 3. The van der Waals surface area contributed by atoms with E-state index < -0.39 is 0 Å². The number of nitrogens with zero attached hydrogens (tertiary/aromatic N) is 3. The average Bonchev–Trinajstić information content (AvgIpc) is 3.31. The van der Waals surface area contributed by atoms with Gasteiger partial charge in [-0.15, -0.1) is 11.3 Å². The van der Waals surface area contributed by atoms with E-state index in [-0.39, 0.29) is 0 Å². The van der Waals surface area contributed by atoms with E-state index in [1.807, 2.05) is 29.8 Å². The van der Waals surface area contributed by atoms with Gasteiger partial charge in [0.05, 0.1) is 28.7 Å². The molecule has 0 fully saturated rings. The van der Waals surface area contributed by atoms with E-state index in [0.29, 0.717) is 5.56 Å². The zero-order chi connectivity index (χ0) is 15.6. The van der Waals surface area contributed by atoms with E-state index in [2.05, 4.69) is 31.0 Å². The minimum Gasteiger partial charge on any atom is -0.358 e. The van der Waals surface area contributed by atoms with Crippen LogP contribution < -0.4 is 4.72 Å². The highest BCUT2D eigenvalue weighted by molar-refractivity contribution is 8.02. The summed E-state index contributed by atoms with van der Waals surface area (Å²) in [6.45, 7) is 0. The molecule has 0 aliphatic rings. The number of nitrogens with one attached hydrogen (secondary N) is 3. The van der Waals surface area contributed by atoms with Crippen molar-refractivity contribution in [3.8, 4) is 17.3 Å². The zero-order valence-electron chi connectivity index (χ0n) is 11.7. The second kappa shape index (κ2) is 5.79. The molecule has 0 radical (unpaired) electrons. The smallest absolute Gasteiger partial charge is 0.171 e. The van der Waals surface area contributed by atoms with Crippen molar-refractivity contribution in [2.75, 3.05) is 4.72 Å². The Labute approximate surface area is 139 Å². The van der Waals surface area contributed by atoms with Gasteiger partial charge in [0.1, 0.15) is 6.07 Å². The standard InChI is InChI=1S/C15H10N6S2/c16-4-9-5-17-14-11(9)2-1-3-12(14)21-23-15-20-13(8-22-15)10-6-18-19-7-10/h1-3,5-8,17,21H,(H,18,19). The first-order chi connectivity index (χ1) is 11.3. The van der Waals surface area contributed by atoms with Crippen molar-refractivity contribution in [3.63, 3.8) is 0 Å². The number of aromatic amines is 2. The lowest BCUT2D eigenvalue weighted by Gasteiger charge is -2.04. The summed E-state index contributed by atoms with van der Waals surface area (Å²) in [5.74, 6) is 0. The Morgan fingerprint density at radius 3 is 3.09 bits per heavy atom. The van der Waals surface area contributed by atoms with Gasteiger partial charge in [-0.2, -0.15) is 10.4 Å². The number of nitriles is 1. The predicted octanol–water partition coefficient (Wildman–Crippen LogP) is 4.01. The van der Waals surface area contributed by atoms with Crippen LogP contribution >= 0.6 is 23.3 Å². The van der Waals surface area contributed by atoms with Crippen LogP contribution in [0, 0.1) is 11.3 Å². The number of thiazole rings is 1. The monoisotopic (exact) mass is 338 g/mol. The first-order valence-corrected chi connectivity index (χ1v) is 8.42. The fourth-order valence-electron chi connectivity index (χ4n) is 2.26. The first kappa shape index (κ1) is 13.9. The van der Waals surface area contributed by atoms with Gasteiger partial charge in [0.2, 0.25) is 0 Å². The maximum Gasteiger partial charge on any atom is 0.171 e. The van der Waals surface area contributed by atoms with E-state index in [9.17, 15) is 0 Å². The van der Waals surface area contributed by atoms with Crippen LogP contribution in [-0.4, -0.2) is 20.2 Å². The summed E-state index contributed by atoms with van der Waals surface area (Å²) in [6, 6.07) is 8.02.